The van der Waals surface area contributed by atoms with Crippen molar-refractivity contribution in [3.63, 3.8) is 0 Å². The van der Waals surface area contributed by atoms with Gasteiger partial charge in [0.2, 0.25) is 0 Å². The predicted molar refractivity (Wildman–Crippen MR) is 97.8 cm³/mol. The van der Waals surface area contributed by atoms with Crippen LogP contribution in [0.1, 0.15) is 29.3 Å². The Morgan fingerprint density at radius 1 is 1.07 bits per heavy atom. The van der Waals surface area contributed by atoms with Gasteiger partial charge in [0.25, 0.3) is 5.91 Å². The summed E-state index contributed by atoms with van der Waals surface area (Å²) in [5.41, 5.74) is 0.645. The summed E-state index contributed by atoms with van der Waals surface area (Å²) in [5, 5.41) is 0. The molecule has 0 aromatic heterocycles. The average Bonchev–Trinajstić information content (AvgIpc) is 3.17. The first-order valence-corrected chi connectivity index (χ1v) is 8.90. The third kappa shape index (κ3) is 2.97. The van der Waals surface area contributed by atoms with Gasteiger partial charge in [0.15, 0.2) is 0 Å². The first kappa shape index (κ1) is 17.3. The second kappa shape index (κ2) is 6.54. The fraction of sp³-hybridized carbons (Fsp3) is 0.286. The van der Waals surface area contributed by atoms with Crippen LogP contribution >= 0.6 is 0 Å². The first-order chi connectivity index (χ1) is 13.0. The number of nitrogens with zero attached hydrogens (tertiary/aromatic N) is 2. The Bertz CT molecular complexity index is 884. The van der Waals surface area contributed by atoms with E-state index in [1.807, 2.05) is 43.3 Å². The number of fused-ring (bicyclic) bond motifs is 2. The summed E-state index contributed by atoms with van der Waals surface area (Å²) >= 11 is 0. The molecule has 4 rings (SSSR count). The number of esters is 1. The van der Waals surface area contributed by atoms with Crippen LogP contribution in [0.5, 0.6) is 0 Å². The normalized spacial score (nSPS) is 23.6. The summed E-state index contributed by atoms with van der Waals surface area (Å²) in [5.74, 6) is -0.760. The summed E-state index contributed by atoms with van der Waals surface area (Å²) in [6.07, 6.45) is 0.380. The highest BCUT2D eigenvalue weighted by molar-refractivity contribution is 6.07. The van der Waals surface area contributed by atoms with E-state index in [2.05, 4.69) is 0 Å². The Balaban J connectivity index is 1.46. The smallest absolute Gasteiger partial charge is 0.329 e. The molecule has 2 aliphatic heterocycles. The van der Waals surface area contributed by atoms with Crippen LogP contribution < -0.4 is 0 Å². The fourth-order valence-electron chi connectivity index (χ4n) is 3.87. The molecule has 27 heavy (non-hydrogen) atoms. The summed E-state index contributed by atoms with van der Waals surface area (Å²) in [7, 11) is 0. The maximum Gasteiger partial charge on any atom is 0.329 e. The molecule has 2 aromatic rings. The molecular weight excluding hydrogens is 344 g/mol. The SMILES string of the molecule is C[C@]12CC(C(=O)OCc3ccccc3)N(C1)C(=O)N2C(=O)c1ccccc1. The van der Waals surface area contributed by atoms with Crippen molar-refractivity contribution < 1.29 is 19.1 Å². The third-order valence-electron chi connectivity index (χ3n) is 5.22. The third-order valence-corrected chi connectivity index (χ3v) is 5.22. The zero-order chi connectivity index (χ0) is 19.0. The van der Waals surface area contributed by atoms with Crippen molar-refractivity contribution in [2.45, 2.75) is 31.5 Å². The number of hydrogen-bond donors (Lipinski definition) is 0. The summed E-state index contributed by atoms with van der Waals surface area (Å²) < 4.78 is 5.40. The van der Waals surface area contributed by atoms with Gasteiger partial charge in [0.1, 0.15) is 12.6 Å². The van der Waals surface area contributed by atoms with Crippen LogP contribution in [0.25, 0.3) is 0 Å². The van der Waals surface area contributed by atoms with Gasteiger partial charge in [-0.1, -0.05) is 48.5 Å². The Morgan fingerprint density at radius 2 is 1.70 bits per heavy atom. The van der Waals surface area contributed by atoms with Crippen molar-refractivity contribution >= 4 is 17.9 Å². The van der Waals surface area contributed by atoms with E-state index in [-0.39, 0.29) is 12.5 Å². The highest BCUT2D eigenvalue weighted by Crippen LogP contribution is 2.41. The van der Waals surface area contributed by atoms with Crippen molar-refractivity contribution in [2.75, 3.05) is 6.54 Å². The van der Waals surface area contributed by atoms with E-state index >= 15 is 0 Å². The van der Waals surface area contributed by atoms with Gasteiger partial charge in [0, 0.05) is 18.5 Å². The number of hydrogen-bond acceptors (Lipinski definition) is 4. The Labute approximate surface area is 157 Å². The lowest BCUT2D eigenvalue weighted by Gasteiger charge is -2.35. The predicted octanol–water partition coefficient (Wildman–Crippen LogP) is 2.84. The molecule has 1 unspecified atom stereocenters. The van der Waals surface area contributed by atoms with Gasteiger partial charge in [-0.2, -0.15) is 0 Å². The second-order valence-corrected chi connectivity index (χ2v) is 7.23. The largest absolute Gasteiger partial charge is 0.459 e. The van der Waals surface area contributed by atoms with Gasteiger partial charge in [-0.05, 0) is 24.6 Å². The molecule has 2 bridgehead atoms. The molecule has 3 amide bonds. The molecule has 2 atom stereocenters. The van der Waals surface area contributed by atoms with Crippen LogP contribution in [0.15, 0.2) is 60.7 Å². The topological polar surface area (TPSA) is 66.9 Å². The van der Waals surface area contributed by atoms with E-state index in [9.17, 15) is 14.4 Å². The van der Waals surface area contributed by atoms with Gasteiger partial charge >= 0.3 is 12.0 Å². The standard InChI is InChI=1S/C21H20N2O4/c1-21-12-17(19(25)27-13-15-8-4-2-5-9-15)22(14-21)20(26)23(21)18(24)16-10-6-3-7-11-16/h2-11,17H,12-14H2,1H3/t17?,21-/m0/s1. The van der Waals surface area contributed by atoms with E-state index < -0.39 is 23.6 Å². The zero-order valence-electron chi connectivity index (χ0n) is 15.0. The molecule has 2 aromatic carbocycles. The van der Waals surface area contributed by atoms with Crippen molar-refractivity contribution in [1.82, 2.24) is 9.80 Å². The summed E-state index contributed by atoms with van der Waals surface area (Å²) in [6, 6.07) is 17.0. The van der Waals surface area contributed by atoms with E-state index in [1.54, 1.807) is 24.3 Å². The van der Waals surface area contributed by atoms with Gasteiger partial charge in [-0.3, -0.25) is 9.69 Å². The molecule has 6 heteroatoms. The molecule has 2 saturated heterocycles. The first-order valence-electron chi connectivity index (χ1n) is 8.90. The van der Waals surface area contributed by atoms with E-state index in [0.29, 0.717) is 18.5 Å². The van der Waals surface area contributed by atoms with E-state index in [0.717, 1.165) is 5.56 Å². The number of amides is 3. The Morgan fingerprint density at radius 3 is 2.33 bits per heavy atom. The number of ether oxygens (including phenoxy) is 1. The molecule has 0 spiro atoms. The number of imide groups is 1. The monoisotopic (exact) mass is 364 g/mol. The van der Waals surface area contributed by atoms with Gasteiger partial charge < -0.3 is 9.64 Å². The number of benzene rings is 2. The highest BCUT2D eigenvalue weighted by Gasteiger charge is 2.60. The molecule has 2 aliphatic rings. The maximum atomic E-state index is 12.8. The molecular formula is C21H20N2O4. The zero-order valence-corrected chi connectivity index (χ0v) is 15.0. The summed E-state index contributed by atoms with van der Waals surface area (Å²) in [6.45, 7) is 2.35. The van der Waals surface area contributed by atoms with E-state index in [1.165, 1.54) is 9.80 Å². The quantitative estimate of drug-likeness (QED) is 0.783. The van der Waals surface area contributed by atoms with Crippen molar-refractivity contribution in [1.29, 1.82) is 0 Å². The van der Waals surface area contributed by atoms with Crippen molar-refractivity contribution in [2.24, 2.45) is 0 Å². The molecule has 0 radical (unpaired) electrons. The maximum absolute atomic E-state index is 12.8. The fourth-order valence-corrected chi connectivity index (χ4v) is 3.87. The van der Waals surface area contributed by atoms with Crippen LogP contribution in [0.2, 0.25) is 0 Å². The van der Waals surface area contributed by atoms with Gasteiger partial charge in [-0.25, -0.2) is 9.59 Å². The summed E-state index contributed by atoms with van der Waals surface area (Å²) in [4.78, 5) is 40.9. The van der Waals surface area contributed by atoms with Crippen LogP contribution in [-0.2, 0) is 16.1 Å². The molecule has 2 fully saturated rings. The van der Waals surface area contributed by atoms with E-state index in [4.69, 9.17) is 4.74 Å². The lowest BCUT2D eigenvalue weighted by molar-refractivity contribution is -0.150. The van der Waals surface area contributed by atoms with Crippen LogP contribution in [0.3, 0.4) is 0 Å². The molecule has 0 N–H and O–H groups in total. The second-order valence-electron chi connectivity index (χ2n) is 7.23. The minimum absolute atomic E-state index is 0.168. The number of carbonyl (C=O) groups excluding carboxylic acids is 3. The lowest BCUT2D eigenvalue weighted by Crippen LogP contribution is -2.55. The minimum Gasteiger partial charge on any atom is -0.459 e. The number of carbonyl (C=O) groups is 3. The number of rotatable bonds is 4. The molecule has 2 heterocycles. The van der Waals surface area contributed by atoms with Gasteiger partial charge in [0.05, 0.1) is 5.54 Å². The van der Waals surface area contributed by atoms with Crippen LogP contribution in [0.4, 0.5) is 4.79 Å². The molecule has 6 nitrogen and oxygen atoms in total. The Kier molecular flexibility index (Phi) is 4.18. The minimum atomic E-state index is -0.708. The Hall–Kier alpha value is -3.15. The highest BCUT2D eigenvalue weighted by atomic mass is 16.5. The average molecular weight is 364 g/mol. The lowest BCUT2D eigenvalue weighted by atomic mass is 9.95. The van der Waals surface area contributed by atoms with Crippen LogP contribution in [0, 0.1) is 0 Å². The van der Waals surface area contributed by atoms with Gasteiger partial charge in [-0.15, -0.1) is 0 Å². The number of urea groups is 1. The molecule has 138 valence electrons. The van der Waals surface area contributed by atoms with Crippen molar-refractivity contribution in [3.05, 3.63) is 71.8 Å². The van der Waals surface area contributed by atoms with Crippen LogP contribution in [-0.4, -0.2) is 45.8 Å². The molecule has 0 saturated carbocycles. The van der Waals surface area contributed by atoms with Crippen molar-refractivity contribution in [3.8, 4) is 0 Å². The molecule has 0 aliphatic carbocycles.